The first-order valence-corrected chi connectivity index (χ1v) is 18.0. The molecule has 52 heavy (non-hydrogen) atoms. The van der Waals surface area contributed by atoms with Gasteiger partial charge >= 0.3 is 0 Å². The Bertz CT molecular complexity index is 2220. The van der Waals surface area contributed by atoms with E-state index in [0.717, 1.165) is 51.5 Å². The lowest BCUT2D eigenvalue weighted by atomic mass is 9.78. The van der Waals surface area contributed by atoms with Gasteiger partial charge in [-0.2, -0.15) is 0 Å². The van der Waals surface area contributed by atoms with Crippen LogP contribution in [-0.4, -0.2) is 10.2 Å². The van der Waals surface area contributed by atoms with Gasteiger partial charge in [-0.3, -0.25) is 0 Å². The molecule has 0 saturated carbocycles. The van der Waals surface area contributed by atoms with Crippen molar-refractivity contribution in [2.75, 3.05) is 9.80 Å². The minimum Gasteiger partial charge on any atom is -0.392 e. The van der Waals surface area contributed by atoms with E-state index in [1.807, 2.05) is 24.3 Å². The monoisotopic (exact) mass is 682 g/mol. The number of aryl methyl sites for hydroxylation is 4. The average Bonchev–Trinajstić information content (AvgIpc) is 3.19. The van der Waals surface area contributed by atoms with Crippen molar-refractivity contribution < 1.29 is 10.2 Å². The number of anilines is 5. The molecule has 1 unspecified atom stereocenters. The summed E-state index contributed by atoms with van der Waals surface area (Å²) < 4.78 is 0. The van der Waals surface area contributed by atoms with Crippen LogP contribution in [-0.2, 0) is 18.8 Å². The van der Waals surface area contributed by atoms with E-state index in [9.17, 15) is 10.2 Å². The first-order chi connectivity index (χ1) is 25.3. The second-order valence-electron chi connectivity index (χ2n) is 13.9. The van der Waals surface area contributed by atoms with Crippen molar-refractivity contribution >= 4 is 34.0 Å². The van der Waals surface area contributed by atoms with Crippen molar-refractivity contribution in [3.8, 4) is 0 Å². The number of aliphatic hydroxyl groups excluding tert-OH is 2. The number of hydrogen-bond donors (Lipinski definition) is 2. The summed E-state index contributed by atoms with van der Waals surface area (Å²) in [6.07, 6.45) is 7.76. The molecule has 6 aromatic rings. The molecule has 4 nitrogen and oxygen atoms in total. The smallest absolute Gasteiger partial charge is 0.0923 e. The first kappa shape index (κ1) is 34.8. The minimum absolute atomic E-state index is 0.0109. The standard InChI is InChI=1S/C48H46N2O2/c1-34-10-18-46(30-36(34)3)49(43-20-12-38(32-51)13-21-43)44-24-16-40(17-25-44)41-26-28-48(29-27-41,42-8-6-5-7-9-42)50(45-22-14-39(33-52)15-23-45)47-19-11-35(2)37(4)31-47/h5-28,30-31,51-52H,29,32-33H2,1-4H3. The van der Waals surface area contributed by atoms with Crippen LogP contribution >= 0.6 is 0 Å². The maximum Gasteiger partial charge on any atom is 0.0923 e. The summed E-state index contributed by atoms with van der Waals surface area (Å²) in [5, 5.41) is 19.5. The lowest BCUT2D eigenvalue weighted by Gasteiger charge is -2.45. The molecule has 0 heterocycles. The Kier molecular flexibility index (Phi) is 9.95. The van der Waals surface area contributed by atoms with Crippen molar-refractivity contribution in [1.29, 1.82) is 0 Å². The molecule has 0 fully saturated rings. The molecule has 0 aliphatic heterocycles. The van der Waals surface area contributed by atoms with E-state index in [4.69, 9.17) is 0 Å². The largest absolute Gasteiger partial charge is 0.392 e. The molecule has 2 N–H and O–H groups in total. The van der Waals surface area contributed by atoms with E-state index in [0.29, 0.717) is 0 Å². The molecule has 0 aromatic heterocycles. The van der Waals surface area contributed by atoms with Crippen LogP contribution in [0.4, 0.5) is 28.4 Å². The predicted octanol–water partition coefficient (Wildman–Crippen LogP) is 11.5. The van der Waals surface area contributed by atoms with E-state index >= 15 is 0 Å². The number of aliphatic hydroxyl groups is 2. The molecule has 0 bridgehead atoms. The highest BCUT2D eigenvalue weighted by Gasteiger charge is 2.38. The van der Waals surface area contributed by atoms with Crippen LogP contribution in [0.2, 0.25) is 0 Å². The van der Waals surface area contributed by atoms with E-state index in [1.54, 1.807) is 0 Å². The van der Waals surface area contributed by atoms with Crippen molar-refractivity contribution in [3.63, 3.8) is 0 Å². The van der Waals surface area contributed by atoms with Gasteiger partial charge < -0.3 is 20.0 Å². The maximum absolute atomic E-state index is 9.83. The summed E-state index contributed by atoms with van der Waals surface area (Å²) in [6, 6.07) is 49.2. The van der Waals surface area contributed by atoms with Crippen LogP contribution in [0.3, 0.4) is 0 Å². The first-order valence-electron chi connectivity index (χ1n) is 18.0. The number of hydrogen-bond acceptors (Lipinski definition) is 4. The lowest BCUT2D eigenvalue weighted by Crippen LogP contribution is -2.42. The molecular formula is C48H46N2O2. The molecule has 260 valence electrons. The zero-order valence-electron chi connectivity index (χ0n) is 30.4. The fraction of sp³-hybridized carbons (Fsp3) is 0.167. The normalized spacial score (nSPS) is 15.3. The van der Waals surface area contributed by atoms with Gasteiger partial charge in [0.2, 0.25) is 0 Å². The average molecular weight is 683 g/mol. The highest BCUT2D eigenvalue weighted by Crippen LogP contribution is 2.47. The van der Waals surface area contributed by atoms with E-state index in [-0.39, 0.29) is 13.2 Å². The SMILES string of the molecule is Cc1ccc(N(c2ccc(CO)cc2)c2ccc(C3=CCC(c4ccccc4)(N(c4ccc(CO)cc4)c4ccc(C)c(C)c4)C=C3)cc2)cc1C. The Morgan fingerprint density at radius 3 is 1.54 bits per heavy atom. The maximum atomic E-state index is 9.83. The van der Waals surface area contributed by atoms with Crippen LogP contribution in [0.15, 0.2) is 158 Å². The van der Waals surface area contributed by atoms with Crippen LogP contribution in [0.25, 0.3) is 5.57 Å². The minimum atomic E-state index is -0.492. The number of benzene rings is 6. The van der Waals surface area contributed by atoms with Crippen LogP contribution in [0, 0.1) is 27.7 Å². The second-order valence-corrected chi connectivity index (χ2v) is 13.9. The van der Waals surface area contributed by atoms with E-state index in [2.05, 4.69) is 171 Å². The quantitative estimate of drug-likeness (QED) is 0.151. The van der Waals surface area contributed by atoms with Gasteiger partial charge in [-0.1, -0.05) is 97.1 Å². The molecule has 4 heteroatoms. The molecule has 1 aliphatic carbocycles. The van der Waals surface area contributed by atoms with Gasteiger partial charge in [0, 0.05) is 28.4 Å². The summed E-state index contributed by atoms with van der Waals surface area (Å²) in [7, 11) is 0. The van der Waals surface area contributed by atoms with Crippen molar-refractivity contribution in [2.24, 2.45) is 0 Å². The molecule has 0 amide bonds. The Morgan fingerprint density at radius 2 is 1.02 bits per heavy atom. The molecular weight excluding hydrogens is 637 g/mol. The van der Waals surface area contributed by atoms with Crippen LogP contribution < -0.4 is 9.80 Å². The van der Waals surface area contributed by atoms with Gasteiger partial charge in [0.1, 0.15) is 0 Å². The molecule has 7 rings (SSSR count). The molecule has 0 radical (unpaired) electrons. The number of allylic oxidation sites excluding steroid dienone is 2. The fourth-order valence-electron chi connectivity index (χ4n) is 7.17. The molecule has 0 saturated heterocycles. The molecule has 0 spiro atoms. The van der Waals surface area contributed by atoms with Gasteiger partial charge in [0.15, 0.2) is 0 Å². The Balaban J connectivity index is 1.27. The Labute approximate surface area is 308 Å². The number of nitrogens with zero attached hydrogens (tertiary/aromatic N) is 2. The van der Waals surface area contributed by atoms with Crippen LogP contribution in [0.1, 0.15) is 50.9 Å². The summed E-state index contributed by atoms with van der Waals surface area (Å²) in [5.41, 5.74) is 15.2. The van der Waals surface area contributed by atoms with Crippen molar-refractivity contribution in [1.82, 2.24) is 0 Å². The highest BCUT2D eigenvalue weighted by atomic mass is 16.3. The van der Waals surface area contributed by atoms with Gasteiger partial charge in [-0.25, -0.2) is 0 Å². The topological polar surface area (TPSA) is 46.9 Å². The zero-order chi connectivity index (χ0) is 36.2. The third-order valence-electron chi connectivity index (χ3n) is 10.6. The predicted molar refractivity (Wildman–Crippen MR) is 217 cm³/mol. The Morgan fingerprint density at radius 1 is 0.519 bits per heavy atom. The highest BCUT2D eigenvalue weighted by molar-refractivity contribution is 5.82. The third-order valence-corrected chi connectivity index (χ3v) is 10.6. The Hall–Kier alpha value is -5.68. The summed E-state index contributed by atoms with van der Waals surface area (Å²) in [5.74, 6) is 0. The third kappa shape index (κ3) is 6.83. The van der Waals surface area contributed by atoms with E-state index in [1.165, 1.54) is 33.4 Å². The summed E-state index contributed by atoms with van der Waals surface area (Å²) in [4.78, 5) is 4.72. The van der Waals surface area contributed by atoms with Crippen molar-refractivity contribution in [2.45, 2.75) is 52.9 Å². The molecule has 1 atom stereocenters. The van der Waals surface area contributed by atoms with Gasteiger partial charge in [-0.15, -0.1) is 0 Å². The van der Waals surface area contributed by atoms with Gasteiger partial charge in [-0.05, 0) is 145 Å². The zero-order valence-corrected chi connectivity index (χ0v) is 30.4. The van der Waals surface area contributed by atoms with Crippen LogP contribution in [0.5, 0.6) is 0 Å². The molecule has 6 aromatic carbocycles. The number of rotatable bonds is 10. The summed E-state index contributed by atoms with van der Waals surface area (Å²) >= 11 is 0. The molecule has 1 aliphatic rings. The van der Waals surface area contributed by atoms with Gasteiger partial charge in [0.25, 0.3) is 0 Å². The van der Waals surface area contributed by atoms with Crippen molar-refractivity contribution in [3.05, 3.63) is 202 Å². The summed E-state index contributed by atoms with van der Waals surface area (Å²) in [6.45, 7) is 8.64. The fourth-order valence-corrected chi connectivity index (χ4v) is 7.17. The van der Waals surface area contributed by atoms with E-state index < -0.39 is 5.54 Å². The van der Waals surface area contributed by atoms with Gasteiger partial charge in [0.05, 0.1) is 18.8 Å². The lowest BCUT2D eigenvalue weighted by molar-refractivity contribution is 0.281. The second kappa shape index (κ2) is 14.9.